The van der Waals surface area contributed by atoms with Crippen molar-refractivity contribution in [3.05, 3.63) is 98.2 Å². The molecule has 4 aromatic rings. The normalized spacial score (nSPS) is 24.9. The van der Waals surface area contributed by atoms with Crippen LogP contribution in [0.25, 0.3) is 5.65 Å². The Balaban J connectivity index is 1.43. The number of hydrogen-bond donors (Lipinski definition) is 2. The van der Waals surface area contributed by atoms with Crippen LogP contribution in [-0.2, 0) is 22.4 Å². The molecule has 1 spiro atoms. The number of aromatic nitrogens is 2. The predicted octanol–water partition coefficient (Wildman–Crippen LogP) is 5.20. The lowest BCUT2D eigenvalue weighted by atomic mass is 9.69. The van der Waals surface area contributed by atoms with Crippen molar-refractivity contribution in [3.63, 3.8) is 0 Å². The van der Waals surface area contributed by atoms with Crippen molar-refractivity contribution >= 4 is 46.4 Å². The van der Waals surface area contributed by atoms with Gasteiger partial charge in [-0.15, -0.1) is 0 Å². The molecule has 7 rings (SSSR count). The summed E-state index contributed by atoms with van der Waals surface area (Å²) in [6, 6.07) is 11.9. The Kier molecular flexibility index (Phi) is 5.37. The van der Waals surface area contributed by atoms with E-state index in [2.05, 4.69) is 10.6 Å². The second-order valence-electron chi connectivity index (χ2n) is 10.5. The third-order valence-corrected chi connectivity index (χ3v) is 9.11. The number of nitrogens with zero attached hydrogens (tertiary/aromatic N) is 2. The molecule has 1 fully saturated rings. The van der Waals surface area contributed by atoms with Crippen molar-refractivity contribution in [2.75, 3.05) is 12.4 Å². The van der Waals surface area contributed by atoms with Crippen LogP contribution in [0.2, 0.25) is 10.0 Å². The fourth-order valence-corrected chi connectivity index (χ4v) is 7.26. The maximum Gasteiger partial charge on any atom is 0.338 e. The average molecular weight is 565 g/mol. The number of amides is 1. The van der Waals surface area contributed by atoms with Gasteiger partial charge in [-0.1, -0.05) is 41.4 Å². The predicted molar refractivity (Wildman–Crippen MR) is 145 cm³/mol. The van der Waals surface area contributed by atoms with Crippen LogP contribution >= 0.6 is 23.2 Å². The van der Waals surface area contributed by atoms with Gasteiger partial charge < -0.3 is 14.5 Å². The summed E-state index contributed by atoms with van der Waals surface area (Å²) in [5.74, 6) is -2.13. The van der Waals surface area contributed by atoms with Gasteiger partial charge in [0.2, 0.25) is 5.91 Å². The van der Waals surface area contributed by atoms with E-state index in [0.717, 1.165) is 17.0 Å². The summed E-state index contributed by atoms with van der Waals surface area (Å²) in [5.41, 5.74) is 4.32. The number of esters is 1. The molecule has 4 heterocycles. The minimum absolute atomic E-state index is 0.00119. The van der Waals surface area contributed by atoms with Gasteiger partial charge in [0.05, 0.1) is 23.4 Å². The number of fused-ring (bicyclic) bond motifs is 6. The van der Waals surface area contributed by atoms with E-state index in [0.29, 0.717) is 45.9 Å². The Bertz CT molecular complexity index is 1740. The number of hydrogen-bond acceptors (Lipinski definition) is 5. The van der Waals surface area contributed by atoms with Crippen LogP contribution in [0.15, 0.2) is 48.7 Å². The molecule has 1 saturated heterocycles. The number of pyridine rings is 1. The third kappa shape index (κ3) is 3.35. The third-order valence-electron chi connectivity index (χ3n) is 8.58. The number of nitrogens with one attached hydrogen (secondary N) is 2. The number of methoxy groups -OCH3 is 1. The van der Waals surface area contributed by atoms with E-state index in [1.54, 1.807) is 30.3 Å². The first-order valence-electron chi connectivity index (χ1n) is 12.6. The topological polar surface area (TPSA) is 84.7 Å². The summed E-state index contributed by atoms with van der Waals surface area (Å²) in [4.78, 5) is 31.3. The summed E-state index contributed by atoms with van der Waals surface area (Å²) in [6.45, 7) is 1.83. The zero-order chi connectivity index (χ0) is 27.2. The van der Waals surface area contributed by atoms with Gasteiger partial charge in [0.15, 0.2) is 0 Å². The highest BCUT2D eigenvalue weighted by Crippen LogP contribution is 2.56. The van der Waals surface area contributed by atoms with E-state index in [9.17, 15) is 9.59 Å². The second kappa shape index (κ2) is 8.52. The van der Waals surface area contributed by atoms with Crippen LogP contribution in [0.3, 0.4) is 0 Å². The van der Waals surface area contributed by atoms with Crippen molar-refractivity contribution in [2.45, 2.75) is 43.2 Å². The number of carbonyl (C=O) groups excluding carboxylic acids is 2. The van der Waals surface area contributed by atoms with Crippen LogP contribution in [-0.4, -0.2) is 40.0 Å². The molecule has 7 nitrogen and oxygen atoms in total. The molecule has 2 aromatic heterocycles. The zero-order valence-electron chi connectivity index (χ0n) is 21.0. The quantitative estimate of drug-likeness (QED) is 0.327. The minimum Gasteiger partial charge on any atom is -0.465 e. The molecule has 4 atom stereocenters. The van der Waals surface area contributed by atoms with Crippen LogP contribution < -0.4 is 10.6 Å². The largest absolute Gasteiger partial charge is 0.465 e. The number of imidazole rings is 1. The smallest absolute Gasteiger partial charge is 0.338 e. The molecule has 1 aliphatic carbocycles. The van der Waals surface area contributed by atoms with Crippen molar-refractivity contribution in [2.24, 2.45) is 0 Å². The lowest BCUT2D eigenvalue weighted by Gasteiger charge is -2.40. The molecule has 0 unspecified atom stereocenters. The van der Waals surface area contributed by atoms with Crippen molar-refractivity contribution in [3.8, 4) is 0 Å². The highest BCUT2D eigenvalue weighted by molar-refractivity contribution is 6.31. The molecule has 0 saturated carbocycles. The van der Waals surface area contributed by atoms with E-state index in [1.807, 2.05) is 23.6 Å². The van der Waals surface area contributed by atoms with Gasteiger partial charge in [0, 0.05) is 58.9 Å². The van der Waals surface area contributed by atoms with Crippen LogP contribution in [0.1, 0.15) is 50.3 Å². The monoisotopic (exact) mass is 564 g/mol. The number of halogens is 3. The molecule has 0 bridgehead atoms. The van der Waals surface area contributed by atoms with E-state index < -0.39 is 23.2 Å². The summed E-state index contributed by atoms with van der Waals surface area (Å²) in [7, 11) is 1.34. The average Bonchev–Trinajstić information content (AvgIpc) is 3.54. The van der Waals surface area contributed by atoms with Gasteiger partial charge in [-0.05, 0) is 42.3 Å². The maximum atomic E-state index is 15.8. The maximum absolute atomic E-state index is 15.8. The number of ether oxygens (including phenoxy) is 1. The molecule has 39 heavy (non-hydrogen) atoms. The van der Waals surface area contributed by atoms with E-state index in [1.165, 1.54) is 13.2 Å². The van der Waals surface area contributed by atoms with E-state index in [-0.39, 0.29) is 22.9 Å². The van der Waals surface area contributed by atoms with Crippen molar-refractivity contribution in [1.29, 1.82) is 0 Å². The molecule has 2 N–H and O–H groups in total. The van der Waals surface area contributed by atoms with Gasteiger partial charge in [0.1, 0.15) is 17.0 Å². The first-order valence-corrected chi connectivity index (χ1v) is 13.4. The van der Waals surface area contributed by atoms with E-state index >= 15 is 4.39 Å². The van der Waals surface area contributed by atoms with E-state index in [4.69, 9.17) is 32.9 Å². The number of anilines is 1. The SMILES string of the molecule is COC(=O)c1ccn2c3c(nc2c1C)[C@@H]1[C@H](C3)N[C@]2(Cc3ccc(Cl)cc3NC2=O)[C@H]1c1cccc(Cl)c1F. The summed E-state index contributed by atoms with van der Waals surface area (Å²) >= 11 is 12.5. The Morgan fingerprint density at radius 2 is 2.05 bits per heavy atom. The summed E-state index contributed by atoms with van der Waals surface area (Å²) in [5, 5.41) is 7.19. The molecular formula is C29H23Cl2FN4O3. The lowest BCUT2D eigenvalue weighted by Crippen LogP contribution is -2.59. The Morgan fingerprint density at radius 1 is 1.23 bits per heavy atom. The Hall–Kier alpha value is -3.46. The number of aryl methyl sites for hydroxylation is 1. The van der Waals surface area contributed by atoms with Crippen LogP contribution in [0.4, 0.5) is 10.1 Å². The minimum atomic E-state index is -1.14. The first-order chi connectivity index (χ1) is 18.7. The number of benzene rings is 2. The van der Waals surface area contributed by atoms with Crippen LogP contribution in [0.5, 0.6) is 0 Å². The van der Waals surface area contributed by atoms with Crippen LogP contribution in [0, 0.1) is 12.7 Å². The molecule has 198 valence electrons. The van der Waals surface area contributed by atoms with Gasteiger partial charge in [-0.25, -0.2) is 14.2 Å². The molecule has 3 aliphatic rings. The summed E-state index contributed by atoms with van der Waals surface area (Å²) in [6.07, 6.45) is 2.75. The highest BCUT2D eigenvalue weighted by atomic mass is 35.5. The molecular weight excluding hydrogens is 542 g/mol. The first kappa shape index (κ1) is 24.6. The van der Waals surface area contributed by atoms with Gasteiger partial charge in [-0.2, -0.15) is 0 Å². The van der Waals surface area contributed by atoms with Crippen molar-refractivity contribution in [1.82, 2.24) is 14.7 Å². The fourth-order valence-electron chi connectivity index (χ4n) is 6.91. The standard InChI is InChI=1S/C29H23Cl2FN4O3/c1-13-16(27(37)39-2)8-9-36-21-11-20-22(25(21)34-26(13)36)23(17-4-3-5-18(31)24(17)32)29(35-20)12-14-6-7-15(30)10-19(14)33-28(29)38/h3-10,20,22-23,35H,11-12H2,1-2H3,(H,33,38)/t20-,22+,23-,29+/m0/s1. The summed E-state index contributed by atoms with van der Waals surface area (Å²) < 4.78 is 22.7. The van der Waals surface area contributed by atoms with Gasteiger partial charge in [-0.3, -0.25) is 10.1 Å². The molecule has 10 heteroatoms. The number of carbonyl (C=O) groups is 2. The Morgan fingerprint density at radius 3 is 2.85 bits per heavy atom. The van der Waals surface area contributed by atoms with Gasteiger partial charge >= 0.3 is 5.97 Å². The van der Waals surface area contributed by atoms with Gasteiger partial charge in [0.25, 0.3) is 0 Å². The molecule has 2 aliphatic heterocycles. The number of rotatable bonds is 2. The highest BCUT2D eigenvalue weighted by Gasteiger charge is 2.63. The molecule has 2 aromatic carbocycles. The Labute approximate surface area is 233 Å². The lowest BCUT2D eigenvalue weighted by molar-refractivity contribution is -0.123. The molecule has 0 radical (unpaired) electrons. The molecule has 1 amide bonds. The second-order valence-corrected chi connectivity index (χ2v) is 11.3. The zero-order valence-corrected chi connectivity index (χ0v) is 22.5. The fraction of sp³-hybridized carbons (Fsp3) is 0.276. The van der Waals surface area contributed by atoms with Crippen molar-refractivity contribution < 1.29 is 18.7 Å².